The number of nitrogens with zero attached hydrogens (tertiary/aromatic N) is 6. The minimum atomic E-state index is -0.967. The van der Waals surface area contributed by atoms with Gasteiger partial charge in [0, 0.05) is 48.8 Å². The van der Waals surface area contributed by atoms with Crippen molar-refractivity contribution in [2.75, 3.05) is 11.9 Å². The number of amides is 4. The Kier molecular flexibility index (Phi) is 5.75. The number of aryl methyl sites for hydroxylation is 1. The Morgan fingerprint density at radius 1 is 0.977 bits per heavy atom. The topological polar surface area (TPSA) is 144 Å². The summed E-state index contributed by atoms with van der Waals surface area (Å²) in [5, 5.41) is 16.0. The SMILES string of the molecule is Cn1ncc2ccc(-c3cn(C4CC(CNc5ccc6c(c5)C(=O)N(C5CCC(=O)NC5=O)C6=O)C4)nc3C3CC3)nc21. The van der Waals surface area contributed by atoms with Gasteiger partial charge in [-0.2, -0.15) is 10.2 Å². The first-order chi connectivity index (χ1) is 20.8. The lowest BCUT2D eigenvalue weighted by atomic mass is 9.80. The van der Waals surface area contributed by atoms with E-state index in [1.807, 2.05) is 13.2 Å². The highest BCUT2D eigenvalue weighted by Crippen LogP contribution is 2.45. The molecule has 2 saturated carbocycles. The van der Waals surface area contributed by atoms with Crippen molar-refractivity contribution in [2.24, 2.45) is 13.0 Å². The second-order valence-electron chi connectivity index (χ2n) is 12.1. The molecule has 1 aromatic carbocycles. The van der Waals surface area contributed by atoms with Crippen LogP contribution in [0.2, 0.25) is 0 Å². The van der Waals surface area contributed by atoms with Crippen LogP contribution in [0.1, 0.15) is 76.9 Å². The highest BCUT2D eigenvalue weighted by atomic mass is 16.2. The number of anilines is 1. The Bertz CT molecular complexity index is 1850. The summed E-state index contributed by atoms with van der Waals surface area (Å²) in [7, 11) is 1.91. The number of benzene rings is 1. The molecule has 1 atom stereocenters. The van der Waals surface area contributed by atoms with E-state index in [0.717, 1.165) is 70.8 Å². The summed E-state index contributed by atoms with van der Waals surface area (Å²) in [5.41, 5.74) is 5.35. The van der Waals surface area contributed by atoms with Crippen LogP contribution in [-0.4, -0.2) is 65.7 Å². The van der Waals surface area contributed by atoms with E-state index < -0.39 is 29.7 Å². The van der Waals surface area contributed by atoms with Gasteiger partial charge in [0.2, 0.25) is 11.8 Å². The molecule has 2 aliphatic carbocycles. The van der Waals surface area contributed by atoms with Crippen LogP contribution < -0.4 is 10.6 Å². The maximum absolute atomic E-state index is 13.1. The van der Waals surface area contributed by atoms with Crippen molar-refractivity contribution >= 4 is 40.3 Å². The number of aromatic nitrogens is 5. The third-order valence-corrected chi connectivity index (χ3v) is 9.20. The van der Waals surface area contributed by atoms with Crippen LogP contribution in [0.15, 0.2) is 42.7 Å². The van der Waals surface area contributed by atoms with E-state index in [1.54, 1.807) is 22.9 Å². The highest BCUT2D eigenvalue weighted by molar-refractivity contribution is 6.23. The van der Waals surface area contributed by atoms with Gasteiger partial charge in [0.1, 0.15) is 6.04 Å². The van der Waals surface area contributed by atoms with Gasteiger partial charge < -0.3 is 5.32 Å². The monoisotopic (exact) mass is 578 g/mol. The van der Waals surface area contributed by atoms with E-state index in [2.05, 4.69) is 38.7 Å². The van der Waals surface area contributed by atoms with Crippen molar-refractivity contribution < 1.29 is 19.2 Å². The summed E-state index contributed by atoms with van der Waals surface area (Å²) in [6.45, 7) is 0.733. The number of carbonyl (C=O) groups is 4. The Balaban J connectivity index is 0.925. The van der Waals surface area contributed by atoms with Gasteiger partial charge in [0.05, 0.1) is 34.8 Å². The predicted molar refractivity (Wildman–Crippen MR) is 155 cm³/mol. The fourth-order valence-corrected chi connectivity index (χ4v) is 6.55. The van der Waals surface area contributed by atoms with Crippen LogP contribution in [-0.2, 0) is 16.6 Å². The number of pyridine rings is 1. The Hall–Kier alpha value is -4.87. The zero-order chi connectivity index (χ0) is 29.4. The van der Waals surface area contributed by atoms with Crippen molar-refractivity contribution in [3.8, 4) is 11.3 Å². The molecule has 12 nitrogen and oxygen atoms in total. The quantitative estimate of drug-likeness (QED) is 0.318. The first-order valence-electron chi connectivity index (χ1n) is 14.8. The highest BCUT2D eigenvalue weighted by Gasteiger charge is 2.44. The van der Waals surface area contributed by atoms with E-state index >= 15 is 0 Å². The maximum Gasteiger partial charge on any atom is 0.262 e. The zero-order valence-electron chi connectivity index (χ0n) is 23.6. The van der Waals surface area contributed by atoms with Gasteiger partial charge in [0.25, 0.3) is 11.8 Å². The molecule has 4 aromatic rings. The summed E-state index contributed by atoms with van der Waals surface area (Å²) in [5.74, 6) is -1.06. The third kappa shape index (κ3) is 4.31. The number of nitrogens with one attached hydrogen (secondary N) is 2. The van der Waals surface area contributed by atoms with E-state index in [1.165, 1.54) is 0 Å². The lowest BCUT2D eigenvalue weighted by Gasteiger charge is -2.35. The molecule has 0 radical (unpaired) electrons. The van der Waals surface area contributed by atoms with Crippen LogP contribution in [0.4, 0.5) is 5.69 Å². The molecule has 0 bridgehead atoms. The van der Waals surface area contributed by atoms with Gasteiger partial charge >= 0.3 is 0 Å². The molecule has 12 heteroatoms. The molecule has 4 amide bonds. The van der Waals surface area contributed by atoms with Crippen molar-refractivity contribution in [1.82, 2.24) is 34.8 Å². The van der Waals surface area contributed by atoms with Gasteiger partial charge in [-0.05, 0) is 68.4 Å². The van der Waals surface area contributed by atoms with E-state index in [4.69, 9.17) is 10.1 Å². The van der Waals surface area contributed by atoms with Gasteiger partial charge in [-0.15, -0.1) is 0 Å². The molecule has 1 unspecified atom stereocenters. The lowest BCUT2D eigenvalue weighted by molar-refractivity contribution is -0.136. The second-order valence-corrected chi connectivity index (χ2v) is 12.1. The Labute approximate surface area is 246 Å². The summed E-state index contributed by atoms with van der Waals surface area (Å²) in [6.07, 6.45) is 8.51. The van der Waals surface area contributed by atoms with Crippen molar-refractivity contribution in [3.63, 3.8) is 0 Å². The first kappa shape index (κ1) is 25.8. The second kappa shape index (κ2) is 9.58. The molecule has 1 saturated heterocycles. The smallest absolute Gasteiger partial charge is 0.262 e. The number of piperidine rings is 1. The zero-order valence-corrected chi connectivity index (χ0v) is 23.6. The van der Waals surface area contributed by atoms with Crippen LogP contribution in [0.25, 0.3) is 22.3 Å². The van der Waals surface area contributed by atoms with Crippen LogP contribution in [0, 0.1) is 5.92 Å². The van der Waals surface area contributed by atoms with E-state index in [9.17, 15) is 19.2 Å². The predicted octanol–water partition coefficient (Wildman–Crippen LogP) is 3.17. The van der Waals surface area contributed by atoms with Crippen LogP contribution in [0.5, 0.6) is 0 Å². The molecule has 3 fully saturated rings. The molecular weight excluding hydrogens is 548 g/mol. The standard InChI is InChI=1S/C31H30N8O4/c1-37-28-18(14-33-37)4-7-24(34-28)23-15-38(36-27(23)17-2-3-17)20-10-16(11-20)13-32-19-5-6-21-22(12-19)31(43)39(30(21)42)25-8-9-26(40)35-29(25)41/h4-7,12,14-17,20,25,32H,2-3,8-11,13H2,1H3,(H,35,40,41). The van der Waals surface area contributed by atoms with Crippen LogP contribution in [0.3, 0.4) is 0 Å². The molecule has 2 N–H and O–H groups in total. The molecule has 8 rings (SSSR count). The summed E-state index contributed by atoms with van der Waals surface area (Å²) in [6, 6.07) is 8.59. The third-order valence-electron chi connectivity index (χ3n) is 9.20. The number of hydrogen-bond donors (Lipinski definition) is 2. The number of fused-ring (bicyclic) bond motifs is 2. The molecule has 4 aliphatic rings. The number of carbonyl (C=O) groups excluding carboxylic acids is 4. The molecule has 2 aliphatic heterocycles. The molecule has 43 heavy (non-hydrogen) atoms. The van der Waals surface area contributed by atoms with Gasteiger partial charge in [-0.1, -0.05) is 0 Å². The molecule has 218 valence electrons. The van der Waals surface area contributed by atoms with E-state index in [0.29, 0.717) is 17.9 Å². The van der Waals surface area contributed by atoms with Crippen LogP contribution >= 0.6 is 0 Å². The lowest BCUT2D eigenvalue weighted by Crippen LogP contribution is -2.54. The minimum absolute atomic E-state index is 0.0959. The average Bonchev–Trinajstić information content (AvgIpc) is 3.56. The fourth-order valence-electron chi connectivity index (χ4n) is 6.55. The number of hydrogen-bond acceptors (Lipinski definition) is 8. The summed E-state index contributed by atoms with van der Waals surface area (Å²) in [4.78, 5) is 55.8. The van der Waals surface area contributed by atoms with Gasteiger partial charge in [-0.25, -0.2) is 4.98 Å². The fraction of sp³-hybridized carbons (Fsp3) is 0.387. The molecular formula is C31H30N8O4. The maximum atomic E-state index is 13.1. The van der Waals surface area contributed by atoms with Crippen molar-refractivity contribution in [3.05, 3.63) is 59.5 Å². The summed E-state index contributed by atoms with van der Waals surface area (Å²) >= 11 is 0. The molecule has 3 aromatic heterocycles. The van der Waals surface area contributed by atoms with Crippen molar-refractivity contribution in [2.45, 2.75) is 56.5 Å². The van der Waals surface area contributed by atoms with Gasteiger partial charge in [0.15, 0.2) is 5.65 Å². The normalized spacial score (nSPS) is 23.5. The minimum Gasteiger partial charge on any atom is -0.385 e. The molecule has 0 spiro atoms. The average molecular weight is 579 g/mol. The van der Waals surface area contributed by atoms with Crippen molar-refractivity contribution in [1.29, 1.82) is 0 Å². The van der Waals surface area contributed by atoms with Gasteiger partial charge in [-0.3, -0.25) is 38.8 Å². The first-order valence-corrected chi connectivity index (χ1v) is 14.8. The summed E-state index contributed by atoms with van der Waals surface area (Å²) < 4.78 is 3.92. The number of imide groups is 2. The molecule has 5 heterocycles. The largest absolute Gasteiger partial charge is 0.385 e. The Morgan fingerprint density at radius 2 is 1.79 bits per heavy atom. The number of rotatable bonds is 7. The van der Waals surface area contributed by atoms with E-state index in [-0.39, 0.29) is 24.0 Å². The Morgan fingerprint density at radius 3 is 2.58 bits per heavy atom.